The first-order chi connectivity index (χ1) is 9.13. The van der Waals surface area contributed by atoms with Gasteiger partial charge in [0.05, 0.1) is 20.3 Å². The highest BCUT2D eigenvalue weighted by Gasteiger charge is 2.14. The molecule has 0 bridgehead atoms. The molecule has 1 atom stereocenters. The van der Waals surface area contributed by atoms with Gasteiger partial charge in [0.1, 0.15) is 0 Å². The highest BCUT2D eigenvalue weighted by molar-refractivity contribution is 5.47. The van der Waals surface area contributed by atoms with Crippen LogP contribution in [0.25, 0.3) is 0 Å². The van der Waals surface area contributed by atoms with E-state index in [0.29, 0.717) is 11.5 Å². The van der Waals surface area contributed by atoms with Gasteiger partial charge in [0.2, 0.25) is 0 Å². The van der Waals surface area contributed by atoms with Crippen molar-refractivity contribution in [3.63, 3.8) is 0 Å². The van der Waals surface area contributed by atoms with Crippen molar-refractivity contribution in [3.8, 4) is 11.5 Å². The Kier molecular flexibility index (Phi) is 6.71. The smallest absolute Gasteiger partial charge is 0.161 e. The first kappa shape index (κ1) is 15.8. The second-order valence-electron chi connectivity index (χ2n) is 4.93. The van der Waals surface area contributed by atoms with Crippen molar-refractivity contribution >= 4 is 0 Å². The van der Waals surface area contributed by atoms with E-state index in [1.165, 1.54) is 19.3 Å². The summed E-state index contributed by atoms with van der Waals surface area (Å²) in [5.74, 6) is 1.39. The molecule has 0 aliphatic heterocycles. The van der Waals surface area contributed by atoms with Crippen molar-refractivity contribution in [2.75, 3.05) is 14.2 Å². The fraction of sp³-hybridized carbons (Fsp3) is 0.625. The molecule has 0 fully saturated rings. The van der Waals surface area contributed by atoms with Crippen molar-refractivity contribution in [1.29, 1.82) is 0 Å². The van der Waals surface area contributed by atoms with E-state index in [9.17, 15) is 5.11 Å². The van der Waals surface area contributed by atoms with Crippen LogP contribution >= 0.6 is 0 Å². The minimum absolute atomic E-state index is 0.420. The molecule has 19 heavy (non-hydrogen) atoms. The number of benzene rings is 1. The molecule has 0 spiro atoms. The van der Waals surface area contributed by atoms with Gasteiger partial charge in [0.15, 0.2) is 11.5 Å². The fourth-order valence-corrected chi connectivity index (χ4v) is 2.28. The molecule has 108 valence electrons. The van der Waals surface area contributed by atoms with Crippen LogP contribution in [0.5, 0.6) is 11.5 Å². The maximum absolute atomic E-state index is 10.3. The van der Waals surface area contributed by atoms with Crippen LogP contribution in [0.3, 0.4) is 0 Å². The van der Waals surface area contributed by atoms with Crippen molar-refractivity contribution in [2.45, 2.75) is 52.1 Å². The highest BCUT2D eigenvalue weighted by atomic mass is 16.5. The molecule has 1 rings (SSSR count). The van der Waals surface area contributed by atoms with Gasteiger partial charge in [-0.15, -0.1) is 0 Å². The standard InChI is InChI=1S/C16H26O3/c1-5-6-7-8-9-14(17)13-11-16(19-4)15(18-3)10-12(13)2/h10-11,14,17H,5-9H2,1-4H3. The van der Waals surface area contributed by atoms with Gasteiger partial charge in [-0.1, -0.05) is 32.6 Å². The molecule has 3 heteroatoms. The predicted molar refractivity (Wildman–Crippen MR) is 78.0 cm³/mol. The zero-order valence-corrected chi connectivity index (χ0v) is 12.5. The lowest BCUT2D eigenvalue weighted by Crippen LogP contribution is -2.02. The summed E-state index contributed by atoms with van der Waals surface area (Å²) >= 11 is 0. The summed E-state index contributed by atoms with van der Waals surface area (Å²) in [6.07, 6.45) is 5.07. The lowest BCUT2D eigenvalue weighted by molar-refractivity contribution is 0.162. The summed E-state index contributed by atoms with van der Waals surface area (Å²) < 4.78 is 10.5. The summed E-state index contributed by atoms with van der Waals surface area (Å²) in [7, 11) is 3.24. The van der Waals surface area contributed by atoms with Gasteiger partial charge < -0.3 is 14.6 Å². The molecule has 1 aromatic rings. The Bertz CT molecular complexity index is 388. The number of rotatable bonds is 8. The quantitative estimate of drug-likeness (QED) is 0.722. The summed E-state index contributed by atoms with van der Waals surface area (Å²) in [5, 5.41) is 10.3. The topological polar surface area (TPSA) is 38.7 Å². The maximum Gasteiger partial charge on any atom is 0.161 e. The number of hydrogen-bond acceptors (Lipinski definition) is 3. The van der Waals surface area contributed by atoms with Crippen molar-refractivity contribution in [3.05, 3.63) is 23.3 Å². The van der Waals surface area contributed by atoms with Crippen LogP contribution in [-0.4, -0.2) is 19.3 Å². The summed E-state index contributed by atoms with van der Waals surface area (Å²) in [4.78, 5) is 0. The van der Waals surface area contributed by atoms with Gasteiger partial charge >= 0.3 is 0 Å². The first-order valence-corrected chi connectivity index (χ1v) is 7.04. The molecular weight excluding hydrogens is 240 g/mol. The normalized spacial score (nSPS) is 12.3. The minimum atomic E-state index is -0.420. The summed E-state index contributed by atoms with van der Waals surface area (Å²) in [6, 6.07) is 3.81. The Hall–Kier alpha value is -1.22. The van der Waals surface area contributed by atoms with E-state index in [4.69, 9.17) is 9.47 Å². The number of aliphatic hydroxyl groups excluding tert-OH is 1. The van der Waals surface area contributed by atoms with Crippen LogP contribution < -0.4 is 9.47 Å². The van der Waals surface area contributed by atoms with Crippen LogP contribution in [0.15, 0.2) is 12.1 Å². The van der Waals surface area contributed by atoms with Crippen molar-refractivity contribution in [1.82, 2.24) is 0 Å². The van der Waals surface area contributed by atoms with E-state index < -0.39 is 6.10 Å². The number of hydrogen-bond donors (Lipinski definition) is 1. The zero-order chi connectivity index (χ0) is 14.3. The Labute approximate surface area is 116 Å². The Morgan fingerprint density at radius 2 is 1.68 bits per heavy atom. The van der Waals surface area contributed by atoms with E-state index in [2.05, 4.69) is 6.92 Å². The Morgan fingerprint density at radius 3 is 2.26 bits per heavy atom. The van der Waals surface area contributed by atoms with Crippen LogP contribution in [-0.2, 0) is 0 Å². The fourth-order valence-electron chi connectivity index (χ4n) is 2.28. The molecule has 0 amide bonds. The largest absolute Gasteiger partial charge is 0.493 e. The second-order valence-corrected chi connectivity index (χ2v) is 4.93. The third kappa shape index (κ3) is 4.43. The van der Waals surface area contributed by atoms with Gasteiger partial charge in [-0.25, -0.2) is 0 Å². The molecule has 0 aromatic heterocycles. The van der Waals surface area contributed by atoms with E-state index in [-0.39, 0.29) is 0 Å². The number of ether oxygens (including phenoxy) is 2. The molecule has 1 unspecified atom stereocenters. The molecule has 0 aliphatic carbocycles. The van der Waals surface area contributed by atoms with Gasteiger partial charge in [0, 0.05) is 0 Å². The number of methoxy groups -OCH3 is 2. The third-order valence-corrected chi connectivity index (χ3v) is 3.46. The number of aliphatic hydroxyl groups is 1. The van der Waals surface area contributed by atoms with Crippen LogP contribution in [0.1, 0.15) is 56.3 Å². The van der Waals surface area contributed by atoms with Gasteiger partial charge in [0.25, 0.3) is 0 Å². The SMILES string of the molecule is CCCCCCC(O)c1cc(OC)c(OC)cc1C. The van der Waals surface area contributed by atoms with E-state index in [1.807, 2.05) is 19.1 Å². The lowest BCUT2D eigenvalue weighted by atomic mass is 9.98. The maximum atomic E-state index is 10.3. The predicted octanol–water partition coefficient (Wildman–Crippen LogP) is 4.02. The molecule has 0 heterocycles. The average molecular weight is 266 g/mol. The molecule has 0 radical (unpaired) electrons. The van der Waals surface area contributed by atoms with Crippen molar-refractivity contribution in [2.24, 2.45) is 0 Å². The second kappa shape index (κ2) is 8.05. The molecule has 1 N–H and O–H groups in total. The molecule has 0 aliphatic rings. The summed E-state index contributed by atoms with van der Waals surface area (Å²) in [6.45, 7) is 4.18. The van der Waals surface area contributed by atoms with E-state index in [0.717, 1.165) is 24.0 Å². The van der Waals surface area contributed by atoms with Gasteiger partial charge in [-0.05, 0) is 36.6 Å². The highest BCUT2D eigenvalue weighted by Crippen LogP contribution is 2.34. The third-order valence-electron chi connectivity index (χ3n) is 3.46. The van der Waals surface area contributed by atoms with E-state index in [1.54, 1.807) is 14.2 Å². The van der Waals surface area contributed by atoms with Crippen LogP contribution in [0, 0.1) is 6.92 Å². The minimum Gasteiger partial charge on any atom is -0.493 e. The van der Waals surface area contributed by atoms with Crippen molar-refractivity contribution < 1.29 is 14.6 Å². The van der Waals surface area contributed by atoms with E-state index >= 15 is 0 Å². The molecular formula is C16H26O3. The summed E-state index contributed by atoms with van der Waals surface area (Å²) in [5.41, 5.74) is 1.98. The lowest BCUT2D eigenvalue weighted by Gasteiger charge is -2.17. The first-order valence-electron chi connectivity index (χ1n) is 7.04. The monoisotopic (exact) mass is 266 g/mol. The van der Waals surface area contributed by atoms with Gasteiger partial charge in [-0.3, -0.25) is 0 Å². The number of unbranched alkanes of at least 4 members (excludes halogenated alkanes) is 3. The van der Waals surface area contributed by atoms with Gasteiger partial charge in [-0.2, -0.15) is 0 Å². The van der Waals surface area contributed by atoms with Crippen LogP contribution in [0.4, 0.5) is 0 Å². The van der Waals surface area contributed by atoms with Crippen LogP contribution in [0.2, 0.25) is 0 Å². The molecule has 3 nitrogen and oxygen atoms in total. The number of aryl methyl sites for hydroxylation is 1. The average Bonchev–Trinajstić information content (AvgIpc) is 2.42. The molecule has 0 saturated heterocycles. The molecule has 0 saturated carbocycles. The zero-order valence-electron chi connectivity index (χ0n) is 12.5. The molecule has 1 aromatic carbocycles. The Morgan fingerprint density at radius 1 is 1.05 bits per heavy atom. The Balaban J connectivity index is 2.76.